The molecule has 1 atom stereocenters. The molecule has 0 aromatic rings. The molecule has 0 aliphatic heterocycles. The SMILES string of the molecule is CCNC(=O)CSC[C@H](C#N)C(=O)NCC. The summed E-state index contributed by atoms with van der Waals surface area (Å²) in [6, 6.07) is 1.93. The van der Waals surface area contributed by atoms with Crippen LogP contribution in [0.25, 0.3) is 0 Å². The lowest BCUT2D eigenvalue weighted by atomic mass is 10.2. The molecular weight excluding hydrogens is 226 g/mol. The van der Waals surface area contributed by atoms with Crippen LogP contribution in [-0.4, -0.2) is 36.4 Å². The van der Waals surface area contributed by atoms with Crippen LogP contribution < -0.4 is 10.6 Å². The molecule has 0 bridgehead atoms. The lowest BCUT2D eigenvalue weighted by molar-refractivity contribution is -0.122. The van der Waals surface area contributed by atoms with Crippen molar-refractivity contribution in [2.45, 2.75) is 13.8 Å². The van der Waals surface area contributed by atoms with Gasteiger partial charge >= 0.3 is 0 Å². The highest BCUT2D eigenvalue weighted by molar-refractivity contribution is 7.99. The molecule has 90 valence electrons. The number of nitrogens with one attached hydrogen (secondary N) is 2. The summed E-state index contributed by atoms with van der Waals surface area (Å²) in [5.41, 5.74) is 0. The Labute approximate surface area is 100.0 Å². The maximum atomic E-state index is 11.3. The van der Waals surface area contributed by atoms with E-state index in [2.05, 4.69) is 10.6 Å². The Morgan fingerprint density at radius 3 is 2.44 bits per heavy atom. The zero-order valence-electron chi connectivity index (χ0n) is 9.58. The first-order valence-electron chi connectivity index (χ1n) is 5.17. The first-order valence-corrected chi connectivity index (χ1v) is 6.32. The van der Waals surface area contributed by atoms with Gasteiger partial charge in [0.2, 0.25) is 11.8 Å². The van der Waals surface area contributed by atoms with Crippen molar-refractivity contribution in [1.29, 1.82) is 5.26 Å². The highest BCUT2D eigenvalue weighted by Crippen LogP contribution is 2.08. The zero-order chi connectivity index (χ0) is 12.4. The molecule has 2 N–H and O–H groups in total. The molecule has 0 heterocycles. The minimum absolute atomic E-state index is 0.0694. The van der Waals surface area contributed by atoms with Crippen molar-refractivity contribution in [2.75, 3.05) is 24.6 Å². The Hall–Kier alpha value is -1.22. The Kier molecular flexibility index (Phi) is 8.35. The summed E-state index contributed by atoms with van der Waals surface area (Å²) >= 11 is 1.29. The lowest BCUT2D eigenvalue weighted by Gasteiger charge is -2.08. The van der Waals surface area contributed by atoms with Crippen LogP contribution >= 0.6 is 11.8 Å². The molecule has 0 aliphatic rings. The molecule has 0 rings (SSSR count). The molecule has 16 heavy (non-hydrogen) atoms. The minimum atomic E-state index is -0.681. The van der Waals surface area contributed by atoms with E-state index in [1.807, 2.05) is 13.0 Å². The number of hydrogen-bond donors (Lipinski definition) is 2. The monoisotopic (exact) mass is 243 g/mol. The summed E-state index contributed by atoms with van der Waals surface area (Å²) in [6.07, 6.45) is 0. The molecule has 0 aliphatic carbocycles. The molecule has 0 spiro atoms. The van der Waals surface area contributed by atoms with Crippen molar-refractivity contribution in [3.63, 3.8) is 0 Å². The summed E-state index contributed by atoms with van der Waals surface area (Å²) in [4.78, 5) is 22.4. The third kappa shape index (κ3) is 6.30. The highest BCUT2D eigenvalue weighted by atomic mass is 32.2. The second-order valence-corrected chi connectivity index (χ2v) is 4.08. The van der Waals surface area contributed by atoms with Gasteiger partial charge in [-0.25, -0.2) is 0 Å². The third-order valence-corrected chi connectivity index (χ3v) is 2.75. The molecule has 0 aromatic heterocycles. The number of thioether (sulfide) groups is 1. The van der Waals surface area contributed by atoms with Crippen LogP contribution in [0.2, 0.25) is 0 Å². The van der Waals surface area contributed by atoms with Crippen LogP contribution in [0.4, 0.5) is 0 Å². The molecule has 0 saturated heterocycles. The third-order valence-electron chi connectivity index (χ3n) is 1.71. The summed E-state index contributed by atoms with van der Waals surface area (Å²) in [7, 11) is 0. The van der Waals surface area contributed by atoms with Gasteiger partial charge in [0.25, 0.3) is 0 Å². The van der Waals surface area contributed by atoms with Gasteiger partial charge in [-0.05, 0) is 13.8 Å². The van der Waals surface area contributed by atoms with Crippen molar-refractivity contribution in [2.24, 2.45) is 5.92 Å². The van der Waals surface area contributed by atoms with Crippen molar-refractivity contribution in [3.05, 3.63) is 0 Å². The largest absolute Gasteiger partial charge is 0.356 e. The number of carbonyl (C=O) groups is 2. The van der Waals surface area contributed by atoms with E-state index in [-0.39, 0.29) is 17.6 Å². The fourth-order valence-electron chi connectivity index (χ4n) is 0.987. The van der Waals surface area contributed by atoms with Gasteiger partial charge < -0.3 is 10.6 Å². The normalized spacial score (nSPS) is 11.3. The smallest absolute Gasteiger partial charge is 0.238 e. The minimum Gasteiger partial charge on any atom is -0.356 e. The van der Waals surface area contributed by atoms with E-state index in [1.165, 1.54) is 11.8 Å². The molecule has 2 amide bonds. The predicted octanol–water partition coefficient (Wildman–Crippen LogP) is 0.132. The standard InChI is InChI=1S/C10H17N3O2S/c1-3-12-9(14)7-16-6-8(5-11)10(15)13-4-2/h8H,3-4,6-7H2,1-2H3,(H,12,14)(H,13,15)/t8-/m0/s1. The molecule has 0 aromatic carbocycles. The molecule has 0 unspecified atom stereocenters. The Morgan fingerprint density at radius 2 is 1.94 bits per heavy atom. The van der Waals surface area contributed by atoms with Crippen LogP contribution in [-0.2, 0) is 9.59 Å². The van der Waals surface area contributed by atoms with Gasteiger partial charge in [-0.1, -0.05) is 0 Å². The predicted molar refractivity (Wildman–Crippen MR) is 63.8 cm³/mol. The van der Waals surface area contributed by atoms with E-state index in [4.69, 9.17) is 5.26 Å². The lowest BCUT2D eigenvalue weighted by Crippen LogP contribution is -2.31. The first kappa shape index (κ1) is 14.8. The number of carbonyl (C=O) groups excluding carboxylic acids is 2. The van der Waals surface area contributed by atoms with Crippen molar-refractivity contribution < 1.29 is 9.59 Å². The quantitative estimate of drug-likeness (QED) is 0.666. The average Bonchev–Trinajstić information content (AvgIpc) is 2.25. The summed E-state index contributed by atoms with van der Waals surface area (Å²) in [5, 5.41) is 14.0. The molecule has 6 heteroatoms. The Bertz CT molecular complexity index is 276. The van der Waals surface area contributed by atoms with Crippen molar-refractivity contribution in [3.8, 4) is 6.07 Å². The van der Waals surface area contributed by atoms with E-state index in [9.17, 15) is 9.59 Å². The van der Waals surface area contributed by atoms with E-state index in [0.717, 1.165) is 0 Å². The van der Waals surface area contributed by atoms with Crippen molar-refractivity contribution >= 4 is 23.6 Å². The van der Waals surface area contributed by atoms with Gasteiger partial charge in [0, 0.05) is 18.8 Å². The van der Waals surface area contributed by atoms with Gasteiger partial charge in [0.05, 0.1) is 11.8 Å². The molecule has 0 saturated carbocycles. The van der Waals surface area contributed by atoms with Gasteiger partial charge in [-0.15, -0.1) is 0 Å². The number of nitriles is 1. The van der Waals surface area contributed by atoms with Gasteiger partial charge in [0.1, 0.15) is 5.92 Å². The van der Waals surface area contributed by atoms with E-state index in [1.54, 1.807) is 6.92 Å². The van der Waals surface area contributed by atoms with Crippen LogP contribution in [0.15, 0.2) is 0 Å². The highest BCUT2D eigenvalue weighted by Gasteiger charge is 2.17. The summed E-state index contributed by atoms with van der Waals surface area (Å²) in [6.45, 7) is 4.75. The summed E-state index contributed by atoms with van der Waals surface area (Å²) in [5.74, 6) is -0.391. The van der Waals surface area contributed by atoms with Crippen LogP contribution in [0.1, 0.15) is 13.8 Å². The number of hydrogen-bond acceptors (Lipinski definition) is 4. The molecule has 0 radical (unpaired) electrons. The van der Waals surface area contributed by atoms with Gasteiger partial charge in [0.15, 0.2) is 0 Å². The Morgan fingerprint density at radius 1 is 1.31 bits per heavy atom. The molecular formula is C10H17N3O2S. The molecule has 0 fully saturated rings. The summed E-state index contributed by atoms with van der Waals surface area (Å²) < 4.78 is 0. The van der Waals surface area contributed by atoms with Crippen LogP contribution in [0, 0.1) is 17.2 Å². The second-order valence-electron chi connectivity index (χ2n) is 3.04. The number of amides is 2. The molecule has 5 nitrogen and oxygen atoms in total. The number of nitrogens with zero attached hydrogens (tertiary/aromatic N) is 1. The second kappa shape index (κ2) is 9.04. The van der Waals surface area contributed by atoms with E-state index in [0.29, 0.717) is 18.8 Å². The Balaban J connectivity index is 3.84. The van der Waals surface area contributed by atoms with E-state index >= 15 is 0 Å². The fraction of sp³-hybridized carbons (Fsp3) is 0.700. The number of rotatable bonds is 7. The topological polar surface area (TPSA) is 82.0 Å². The maximum Gasteiger partial charge on any atom is 0.238 e. The zero-order valence-corrected chi connectivity index (χ0v) is 10.4. The van der Waals surface area contributed by atoms with E-state index < -0.39 is 5.92 Å². The van der Waals surface area contributed by atoms with Crippen LogP contribution in [0.5, 0.6) is 0 Å². The van der Waals surface area contributed by atoms with Gasteiger partial charge in [-0.2, -0.15) is 17.0 Å². The maximum absolute atomic E-state index is 11.3. The first-order chi connectivity index (χ1) is 7.65. The van der Waals surface area contributed by atoms with Crippen LogP contribution in [0.3, 0.4) is 0 Å². The fourth-order valence-corrected chi connectivity index (χ4v) is 1.85. The van der Waals surface area contributed by atoms with Gasteiger partial charge in [-0.3, -0.25) is 9.59 Å². The average molecular weight is 243 g/mol. The van der Waals surface area contributed by atoms with Crippen molar-refractivity contribution in [1.82, 2.24) is 10.6 Å².